The number of imide groups is 1. The van der Waals surface area contributed by atoms with Gasteiger partial charge in [-0.15, -0.1) is 5.06 Å². The van der Waals surface area contributed by atoms with Crippen molar-refractivity contribution in [3.8, 4) is 0 Å². The summed E-state index contributed by atoms with van der Waals surface area (Å²) >= 11 is 0. The molecule has 2 amide bonds. The van der Waals surface area contributed by atoms with Crippen LogP contribution in [0.25, 0.3) is 0 Å². The summed E-state index contributed by atoms with van der Waals surface area (Å²) in [5.74, 6) is -1.71. The summed E-state index contributed by atoms with van der Waals surface area (Å²) in [6, 6.07) is 0. The maximum atomic E-state index is 11.1. The molecule has 82 valence electrons. The first-order valence-corrected chi connectivity index (χ1v) is 4.47. The molecule has 6 nitrogen and oxygen atoms in total. The Bertz CT molecular complexity index is 294. The Hall–Kier alpha value is -1.69. The van der Waals surface area contributed by atoms with Gasteiger partial charge in [-0.25, -0.2) is 4.79 Å². The normalized spacial score (nSPS) is 16.5. The van der Waals surface area contributed by atoms with E-state index in [1.807, 2.05) is 0 Å². The standard InChI is InChI=1S/C9H11NO5/c11-6-2-1-3-9(14)15-10-7(12)4-5-8(10)13/h1-2,11H,3-6H2. The van der Waals surface area contributed by atoms with Crippen molar-refractivity contribution in [2.75, 3.05) is 6.61 Å². The van der Waals surface area contributed by atoms with Crippen molar-refractivity contribution in [2.45, 2.75) is 19.3 Å². The number of hydrogen-bond donors (Lipinski definition) is 1. The number of hydroxylamine groups is 2. The lowest BCUT2D eigenvalue weighted by atomic mass is 10.4. The molecule has 0 atom stereocenters. The van der Waals surface area contributed by atoms with Crippen LogP contribution in [-0.4, -0.2) is 34.6 Å². The van der Waals surface area contributed by atoms with Gasteiger partial charge in [0.2, 0.25) is 0 Å². The van der Waals surface area contributed by atoms with Crippen molar-refractivity contribution in [3.05, 3.63) is 12.2 Å². The molecule has 0 unspecified atom stereocenters. The average Bonchev–Trinajstić information content (AvgIpc) is 2.50. The van der Waals surface area contributed by atoms with Crippen LogP contribution in [0.5, 0.6) is 0 Å². The Morgan fingerprint density at radius 3 is 2.47 bits per heavy atom. The van der Waals surface area contributed by atoms with Gasteiger partial charge in [0.15, 0.2) is 0 Å². The smallest absolute Gasteiger partial charge is 0.336 e. The predicted octanol–water partition coefficient (Wildman–Crippen LogP) is -0.468. The SMILES string of the molecule is O=C(CC=CCO)ON1C(=O)CCC1=O. The summed E-state index contributed by atoms with van der Waals surface area (Å²) < 4.78 is 0. The van der Waals surface area contributed by atoms with Gasteiger partial charge in [0, 0.05) is 12.8 Å². The molecule has 15 heavy (non-hydrogen) atoms. The zero-order chi connectivity index (χ0) is 11.3. The molecule has 1 N–H and O–H groups in total. The molecule has 0 spiro atoms. The van der Waals surface area contributed by atoms with E-state index in [4.69, 9.17) is 5.11 Å². The van der Waals surface area contributed by atoms with E-state index < -0.39 is 17.8 Å². The maximum Gasteiger partial charge on any atom is 0.336 e. The van der Waals surface area contributed by atoms with Gasteiger partial charge in [-0.1, -0.05) is 12.2 Å². The number of carbonyl (C=O) groups excluding carboxylic acids is 3. The molecular weight excluding hydrogens is 202 g/mol. The molecule has 0 aromatic heterocycles. The highest BCUT2D eigenvalue weighted by atomic mass is 16.7. The minimum Gasteiger partial charge on any atom is -0.392 e. The molecule has 0 aromatic rings. The largest absolute Gasteiger partial charge is 0.392 e. The molecular formula is C9H11NO5. The summed E-state index contributed by atoms with van der Waals surface area (Å²) in [5.41, 5.74) is 0. The Labute approximate surface area is 86.1 Å². The fraction of sp³-hybridized carbons (Fsp3) is 0.444. The van der Waals surface area contributed by atoms with Gasteiger partial charge < -0.3 is 9.94 Å². The first-order chi connectivity index (χ1) is 7.15. The zero-order valence-corrected chi connectivity index (χ0v) is 8.01. The second-order valence-electron chi connectivity index (χ2n) is 2.90. The van der Waals surface area contributed by atoms with Crippen LogP contribution in [0, 0.1) is 0 Å². The molecule has 1 aliphatic rings. The summed E-state index contributed by atoms with van der Waals surface area (Å²) in [5, 5.41) is 8.89. The van der Waals surface area contributed by atoms with E-state index in [9.17, 15) is 14.4 Å². The predicted molar refractivity (Wildman–Crippen MR) is 48.0 cm³/mol. The quantitative estimate of drug-likeness (QED) is 0.504. The van der Waals surface area contributed by atoms with Crippen LogP contribution in [0.2, 0.25) is 0 Å². The third-order valence-corrected chi connectivity index (χ3v) is 1.76. The zero-order valence-electron chi connectivity index (χ0n) is 8.01. The minimum atomic E-state index is -0.705. The number of carbonyl (C=O) groups is 3. The van der Waals surface area contributed by atoms with Crippen LogP contribution in [0.4, 0.5) is 0 Å². The summed E-state index contributed by atoms with van der Waals surface area (Å²) in [6.07, 6.45) is 2.84. The summed E-state index contributed by atoms with van der Waals surface area (Å²) in [6.45, 7) is -0.172. The Balaban J connectivity index is 2.40. The first-order valence-electron chi connectivity index (χ1n) is 4.47. The lowest BCUT2D eigenvalue weighted by Gasteiger charge is -2.11. The second-order valence-corrected chi connectivity index (χ2v) is 2.90. The van der Waals surface area contributed by atoms with Gasteiger partial charge in [0.05, 0.1) is 13.0 Å². The number of amides is 2. The highest BCUT2D eigenvalue weighted by Gasteiger charge is 2.32. The van der Waals surface area contributed by atoms with Crippen molar-refractivity contribution in [1.29, 1.82) is 0 Å². The fourth-order valence-electron chi connectivity index (χ4n) is 1.05. The van der Waals surface area contributed by atoms with E-state index in [0.29, 0.717) is 5.06 Å². The third kappa shape index (κ3) is 3.17. The third-order valence-electron chi connectivity index (χ3n) is 1.76. The van der Waals surface area contributed by atoms with E-state index >= 15 is 0 Å². The molecule has 1 saturated heterocycles. The molecule has 1 rings (SSSR count). The van der Waals surface area contributed by atoms with Gasteiger partial charge >= 0.3 is 5.97 Å². The first kappa shape index (κ1) is 11.4. The van der Waals surface area contributed by atoms with Crippen LogP contribution in [-0.2, 0) is 19.2 Å². The Kier molecular flexibility index (Phi) is 3.99. The van der Waals surface area contributed by atoms with Crippen LogP contribution in [0.15, 0.2) is 12.2 Å². The van der Waals surface area contributed by atoms with E-state index in [0.717, 1.165) is 0 Å². The van der Waals surface area contributed by atoms with Gasteiger partial charge in [-0.3, -0.25) is 9.59 Å². The van der Waals surface area contributed by atoms with Gasteiger partial charge in [-0.05, 0) is 0 Å². The Morgan fingerprint density at radius 1 is 1.33 bits per heavy atom. The van der Waals surface area contributed by atoms with Gasteiger partial charge in [0.1, 0.15) is 0 Å². The lowest BCUT2D eigenvalue weighted by Crippen LogP contribution is -2.31. The van der Waals surface area contributed by atoms with Crippen molar-refractivity contribution in [3.63, 3.8) is 0 Å². The number of aliphatic hydroxyl groups excluding tert-OH is 1. The number of rotatable bonds is 4. The molecule has 1 aliphatic heterocycles. The second kappa shape index (κ2) is 5.26. The number of nitrogens with zero attached hydrogens (tertiary/aromatic N) is 1. The molecule has 0 saturated carbocycles. The Morgan fingerprint density at radius 2 is 1.93 bits per heavy atom. The van der Waals surface area contributed by atoms with Crippen LogP contribution >= 0.6 is 0 Å². The van der Waals surface area contributed by atoms with Crippen molar-refractivity contribution >= 4 is 17.8 Å². The number of aliphatic hydroxyl groups is 1. The van der Waals surface area contributed by atoms with E-state index in [1.54, 1.807) is 0 Å². The highest BCUT2D eigenvalue weighted by Crippen LogP contribution is 2.12. The van der Waals surface area contributed by atoms with Crippen LogP contribution < -0.4 is 0 Å². The molecule has 6 heteroatoms. The minimum absolute atomic E-state index is 0.0819. The molecule has 1 fully saturated rings. The highest BCUT2D eigenvalue weighted by molar-refractivity contribution is 6.01. The van der Waals surface area contributed by atoms with E-state index in [1.165, 1.54) is 12.2 Å². The van der Waals surface area contributed by atoms with Crippen molar-refractivity contribution in [1.82, 2.24) is 5.06 Å². The van der Waals surface area contributed by atoms with Crippen LogP contribution in [0.3, 0.4) is 0 Å². The van der Waals surface area contributed by atoms with Crippen LogP contribution in [0.1, 0.15) is 19.3 Å². The molecule has 1 heterocycles. The van der Waals surface area contributed by atoms with Crippen molar-refractivity contribution < 1.29 is 24.3 Å². The number of hydrogen-bond acceptors (Lipinski definition) is 5. The monoisotopic (exact) mass is 213 g/mol. The lowest BCUT2D eigenvalue weighted by molar-refractivity contribution is -0.196. The topological polar surface area (TPSA) is 83.9 Å². The molecule has 0 bridgehead atoms. The maximum absolute atomic E-state index is 11.1. The fourth-order valence-corrected chi connectivity index (χ4v) is 1.05. The molecule has 0 aromatic carbocycles. The van der Waals surface area contributed by atoms with Gasteiger partial charge in [0.25, 0.3) is 11.8 Å². The molecule has 0 radical (unpaired) electrons. The van der Waals surface area contributed by atoms with Crippen molar-refractivity contribution in [2.24, 2.45) is 0 Å². The molecule has 0 aliphatic carbocycles. The summed E-state index contributed by atoms with van der Waals surface area (Å²) in [7, 11) is 0. The average molecular weight is 213 g/mol. The van der Waals surface area contributed by atoms with Gasteiger partial charge in [-0.2, -0.15) is 0 Å². The summed E-state index contributed by atoms with van der Waals surface area (Å²) in [4.78, 5) is 37.6. The van der Waals surface area contributed by atoms with E-state index in [-0.39, 0.29) is 25.9 Å². The van der Waals surface area contributed by atoms with E-state index in [2.05, 4.69) is 4.84 Å².